The molecule has 3 aromatic rings. The lowest BCUT2D eigenvalue weighted by Gasteiger charge is -2.29. The molecule has 2 saturated heterocycles. The van der Waals surface area contributed by atoms with E-state index >= 15 is 0 Å². The molecule has 0 N–H and O–H groups in total. The predicted octanol–water partition coefficient (Wildman–Crippen LogP) is 3.92. The molecule has 5 rings (SSSR count). The third-order valence-electron chi connectivity index (χ3n) is 6.21. The van der Waals surface area contributed by atoms with Crippen molar-refractivity contribution in [2.75, 3.05) is 23.7 Å². The summed E-state index contributed by atoms with van der Waals surface area (Å²) < 4.78 is 10.5. The van der Waals surface area contributed by atoms with E-state index in [1.54, 1.807) is 53.6 Å². The van der Waals surface area contributed by atoms with Gasteiger partial charge in [0.25, 0.3) is 5.91 Å². The highest BCUT2D eigenvalue weighted by Gasteiger charge is 2.60. The molecule has 0 saturated carbocycles. The normalized spacial score (nSPS) is 21.3. The Morgan fingerprint density at radius 3 is 2.29 bits per heavy atom. The number of carbonyl (C=O) groups excluding carboxylic acids is 3. The Kier molecular flexibility index (Phi) is 5.96. The Bertz CT molecular complexity index is 1260. The van der Waals surface area contributed by atoms with Crippen LogP contribution < -0.4 is 14.7 Å². The molecule has 8 heteroatoms. The minimum absolute atomic E-state index is 0.368. The highest BCUT2D eigenvalue weighted by Crippen LogP contribution is 2.48. The molecule has 178 valence electrons. The zero-order valence-corrected chi connectivity index (χ0v) is 19.3. The molecular formula is C27H24N2O6. The number of imide groups is 1. The van der Waals surface area contributed by atoms with Gasteiger partial charge in [0.1, 0.15) is 11.7 Å². The topological polar surface area (TPSA) is 85.4 Å². The number of fused-ring (bicyclic) bond motifs is 1. The lowest BCUT2D eigenvalue weighted by molar-refractivity contribution is -0.126. The lowest BCUT2D eigenvalue weighted by atomic mass is 9.90. The molecule has 0 unspecified atom stereocenters. The SMILES string of the molecule is CCOc1ccccc1N1C(=O)[C@H]2[C@@H](ON(c3ccccc3)[C@H]2c2ccc(C(=O)OC)cc2)C1=O. The summed E-state index contributed by atoms with van der Waals surface area (Å²) >= 11 is 0. The maximum absolute atomic E-state index is 13.8. The van der Waals surface area contributed by atoms with Crippen molar-refractivity contribution in [2.24, 2.45) is 5.92 Å². The van der Waals surface area contributed by atoms with Crippen LogP contribution in [0.15, 0.2) is 78.9 Å². The molecule has 0 radical (unpaired) electrons. The zero-order chi connectivity index (χ0) is 24.5. The monoisotopic (exact) mass is 472 g/mol. The number of hydroxylamine groups is 1. The van der Waals surface area contributed by atoms with Gasteiger partial charge in [0.05, 0.1) is 36.7 Å². The highest BCUT2D eigenvalue weighted by molar-refractivity contribution is 6.24. The van der Waals surface area contributed by atoms with Gasteiger partial charge in [-0.2, -0.15) is 0 Å². The number of para-hydroxylation sites is 3. The van der Waals surface area contributed by atoms with E-state index in [1.165, 1.54) is 12.0 Å². The van der Waals surface area contributed by atoms with Crippen molar-refractivity contribution in [3.8, 4) is 5.75 Å². The Balaban J connectivity index is 1.56. The quantitative estimate of drug-likeness (QED) is 0.397. The van der Waals surface area contributed by atoms with E-state index in [0.29, 0.717) is 29.3 Å². The van der Waals surface area contributed by atoms with Crippen LogP contribution in [-0.2, 0) is 19.2 Å². The van der Waals surface area contributed by atoms with E-state index in [9.17, 15) is 14.4 Å². The Morgan fingerprint density at radius 1 is 0.914 bits per heavy atom. The third kappa shape index (κ3) is 3.81. The van der Waals surface area contributed by atoms with Crippen molar-refractivity contribution in [3.63, 3.8) is 0 Å². The first-order valence-electron chi connectivity index (χ1n) is 11.3. The van der Waals surface area contributed by atoms with Crippen molar-refractivity contribution in [2.45, 2.75) is 19.1 Å². The van der Waals surface area contributed by atoms with Gasteiger partial charge < -0.3 is 9.47 Å². The van der Waals surface area contributed by atoms with Gasteiger partial charge >= 0.3 is 5.97 Å². The second-order valence-corrected chi connectivity index (χ2v) is 8.18. The van der Waals surface area contributed by atoms with Crippen LogP contribution in [0.3, 0.4) is 0 Å². The molecule has 35 heavy (non-hydrogen) atoms. The molecule has 0 aromatic heterocycles. The second-order valence-electron chi connectivity index (χ2n) is 8.18. The van der Waals surface area contributed by atoms with Crippen LogP contribution in [0, 0.1) is 5.92 Å². The molecule has 8 nitrogen and oxygen atoms in total. The van der Waals surface area contributed by atoms with Crippen LogP contribution in [0.25, 0.3) is 0 Å². The maximum atomic E-state index is 13.8. The molecule has 0 aliphatic carbocycles. The van der Waals surface area contributed by atoms with Crippen molar-refractivity contribution < 1.29 is 28.7 Å². The Labute approximate surface area is 202 Å². The van der Waals surface area contributed by atoms with Gasteiger partial charge in [0.15, 0.2) is 6.10 Å². The van der Waals surface area contributed by atoms with E-state index in [-0.39, 0.29) is 5.91 Å². The molecule has 2 amide bonds. The molecule has 2 aliphatic rings. The molecule has 2 aliphatic heterocycles. The fourth-order valence-corrected chi connectivity index (χ4v) is 4.64. The van der Waals surface area contributed by atoms with Gasteiger partial charge in [0, 0.05) is 0 Å². The number of methoxy groups -OCH3 is 1. The van der Waals surface area contributed by atoms with Crippen LogP contribution in [0.1, 0.15) is 28.9 Å². The summed E-state index contributed by atoms with van der Waals surface area (Å²) in [6, 6.07) is 22.5. The smallest absolute Gasteiger partial charge is 0.337 e. The summed E-state index contributed by atoms with van der Waals surface area (Å²) in [7, 11) is 1.32. The summed E-state index contributed by atoms with van der Waals surface area (Å²) in [4.78, 5) is 46.6. The number of ether oxygens (including phenoxy) is 2. The Morgan fingerprint density at radius 2 is 1.60 bits per heavy atom. The van der Waals surface area contributed by atoms with E-state index < -0.39 is 29.9 Å². The number of esters is 1. The van der Waals surface area contributed by atoms with Gasteiger partial charge in [-0.3, -0.25) is 14.4 Å². The summed E-state index contributed by atoms with van der Waals surface area (Å²) in [5.74, 6) is -1.60. The van der Waals surface area contributed by atoms with Crippen molar-refractivity contribution in [3.05, 3.63) is 90.0 Å². The standard InChI is InChI=1S/C27H24N2O6/c1-3-34-21-12-8-7-11-20(21)28-25(30)22-23(17-13-15-18(16-14-17)27(32)33-2)29(35-24(22)26(28)31)19-9-5-4-6-10-19/h4-16,22-24H,3H2,1-2H3/t22-,23+,24-/m1/s1. The number of benzene rings is 3. The number of rotatable bonds is 6. The largest absolute Gasteiger partial charge is 0.492 e. The second kappa shape index (κ2) is 9.23. The number of amides is 2. The van der Waals surface area contributed by atoms with Crippen LogP contribution in [0.5, 0.6) is 5.75 Å². The van der Waals surface area contributed by atoms with Crippen molar-refractivity contribution >= 4 is 29.2 Å². The molecule has 3 aromatic carbocycles. The summed E-state index contributed by atoms with van der Waals surface area (Å²) in [6.45, 7) is 2.24. The van der Waals surface area contributed by atoms with Crippen molar-refractivity contribution in [1.29, 1.82) is 0 Å². The van der Waals surface area contributed by atoms with Crippen LogP contribution in [-0.4, -0.2) is 37.6 Å². The fourth-order valence-electron chi connectivity index (χ4n) is 4.64. The molecule has 0 spiro atoms. The lowest BCUT2D eigenvalue weighted by Crippen LogP contribution is -2.37. The number of anilines is 2. The molecular weight excluding hydrogens is 448 g/mol. The fraction of sp³-hybridized carbons (Fsp3) is 0.222. The zero-order valence-electron chi connectivity index (χ0n) is 19.3. The predicted molar refractivity (Wildman–Crippen MR) is 128 cm³/mol. The van der Waals surface area contributed by atoms with E-state index in [0.717, 1.165) is 5.56 Å². The summed E-state index contributed by atoms with van der Waals surface area (Å²) in [5.41, 5.74) is 2.23. The van der Waals surface area contributed by atoms with Gasteiger partial charge in [-0.25, -0.2) is 14.8 Å². The minimum Gasteiger partial charge on any atom is -0.492 e. The van der Waals surface area contributed by atoms with Gasteiger partial charge in [-0.05, 0) is 48.9 Å². The van der Waals surface area contributed by atoms with E-state index in [2.05, 4.69) is 0 Å². The van der Waals surface area contributed by atoms with Gasteiger partial charge in [-0.1, -0.05) is 42.5 Å². The first kappa shape index (κ1) is 22.6. The maximum Gasteiger partial charge on any atom is 0.337 e. The molecule has 2 heterocycles. The van der Waals surface area contributed by atoms with Crippen molar-refractivity contribution in [1.82, 2.24) is 0 Å². The summed E-state index contributed by atoms with van der Waals surface area (Å²) in [5, 5.41) is 1.62. The first-order valence-corrected chi connectivity index (χ1v) is 11.3. The number of carbonyl (C=O) groups is 3. The average Bonchev–Trinajstić information content (AvgIpc) is 3.40. The third-order valence-corrected chi connectivity index (χ3v) is 6.21. The molecule has 3 atom stereocenters. The highest BCUT2D eigenvalue weighted by atomic mass is 16.7. The summed E-state index contributed by atoms with van der Waals surface area (Å²) in [6.07, 6.45) is -0.998. The number of nitrogens with zero attached hydrogens (tertiary/aromatic N) is 2. The van der Waals surface area contributed by atoms with Crippen LogP contribution in [0.2, 0.25) is 0 Å². The molecule has 0 bridgehead atoms. The number of hydrogen-bond donors (Lipinski definition) is 0. The average molecular weight is 472 g/mol. The Hall–Kier alpha value is -4.17. The number of hydrogen-bond acceptors (Lipinski definition) is 7. The minimum atomic E-state index is -0.998. The van der Waals surface area contributed by atoms with E-state index in [4.69, 9.17) is 14.3 Å². The first-order chi connectivity index (χ1) is 17.0. The van der Waals surface area contributed by atoms with Gasteiger partial charge in [-0.15, -0.1) is 0 Å². The molecule has 2 fully saturated rings. The van der Waals surface area contributed by atoms with Crippen LogP contribution in [0.4, 0.5) is 11.4 Å². The van der Waals surface area contributed by atoms with Crippen LogP contribution >= 0.6 is 0 Å². The van der Waals surface area contributed by atoms with E-state index in [1.807, 2.05) is 37.3 Å². The van der Waals surface area contributed by atoms with Gasteiger partial charge in [0.2, 0.25) is 5.91 Å².